The van der Waals surface area contributed by atoms with E-state index in [1.54, 1.807) is 24.2 Å². The predicted octanol–water partition coefficient (Wildman–Crippen LogP) is 0.942. The van der Waals surface area contributed by atoms with Gasteiger partial charge >= 0.3 is 0 Å². The third-order valence-corrected chi connectivity index (χ3v) is 5.64. The predicted molar refractivity (Wildman–Crippen MR) is 96.6 cm³/mol. The molecule has 2 aliphatic rings. The van der Waals surface area contributed by atoms with Crippen LogP contribution in [0.15, 0.2) is 23.1 Å². The monoisotopic (exact) mass is 347 g/mol. The van der Waals surface area contributed by atoms with Gasteiger partial charge in [-0.15, -0.1) is 0 Å². The molecular weight excluding hydrogens is 318 g/mol. The number of hydrogen-bond donors (Lipinski definition) is 1. The molecule has 138 valence electrons. The molecule has 0 aliphatic carbocycles. The van der Waals surface area contributed by atoms with Gasteiger partial charge in [0.1, 0.15) is 0 Å². The van der Waals surface area contributed by atoms with Gasteiger partial charge in [-0.25, -0.2) is 0 Å². The first-order valence-electron chi connectivity index (χ1n) is 9.37. The lowest BCUT2D eigenvalue weighted by atomic mass is 9.96. The Labute approximate surface area is 149 Å². The molecule has 2 atom stereocenters. The summed E-state index contributed by atoms with van der Waals surface area (Å²) in [5.41, 5.74) is 0.264. The molecule has 0 bridgehead atoms. The third-order valence-electron chi connectivity index (χ3n) is 5.64. The summed E-state index contributed by atoms with van der Waals surface area (Å²) in [5.74, 6) is 0.326. The number of aromatic nitrogens is 1. The summed E-state index contributed by atoms with van der Waals surface area (Å²) in [5, 5.41) is 9.76. The topological polar surface area (TPSA) is 65.8 Å². The van der Waals surface area contributed by atoms with Gasteiger partial charge in [-0.2, -0.15) is 0 Å². The molecule has 1 aromatic heterocycles. The van der Waals surface area contributed by atoms with Crippen molar-refractivity contribution < 1.29 is 9.90 Å². The molecule has 2 saturated heterocycles. The summed E-state index contributed by atoms with van der Waals surface area (Å²) in [6.07, 6.45) is 6.72. The number of hydrogen-bond acceptors (Lipinski definition) is 4. The van der Waals surface area contributed by atoms with E-state index in [1.165, 1.54) is 36.3 Å². The molecule has 0 aromatic carbocycles. The fourth-order valence-electron chi connectivity index (χ4n) is 4.03. The maximum Gasteiger partial charge on any atom is 0.254 e. The Bertz CT molecular complexity index is 650. The first kappa shape index (κ1) is 18.1. The van der Waals surface area contributed by atoms with E-state index >= 15 is 0 Å². The molecule has 0 saturated carbocycles. The van der Waals surface area contributed by atoms with E-state index in [-0.39, 0.29) is 24.0 Å². The van der Waals surface area contributed by atoms with Crippen molar-refractivity contribution >= 4 is 5.91 Å². The van der Waals surface area contributed by atoms with Crippen LogP contribution in [0.5, 0.6) is 0 Å². The van der Waals surface area contributed by atoms with Gasteiger partial charge in [0.15, 0.2) is 0 Å². The minimum Gasteiger partial charge on any atom is -0.396 e. The summed E-state index contributed by atoms with van der Waals surface area (Å²) in [6, 6.07) is 3.10. The second-order valence-electron chi connectivity index (χ2n) is 7.49. The average molecular weight is 347 g/mol. The lowest BCUT2D eigenvalue weighted by Crippen LogP contribution is -2.35. The van der Waals surface area contributed by atoms with Crippen LogP contribution >= 0.6 is 0 Å². The van der Waals surface area contributed by atoms with E-state index in [9.17, 15) is 14.7 Å². The lowest BCUT2D eigenvalue weighted by Gasteiger charge is -2.26. The van der Waals surface area contributed by atoms with Crippen molar-refractivity contribution in [2.24, 2.45) is 18.9 Å². The van der Waals surface area contributed by atoms with Crippen molar-refractivity contribution in [1.29, 1.82) is 0 Å². The largest absolute Gasteiger partial charge is 0.396 e. The number of likely N-dealkylation sites (tertiary alicyclic amines) is 2. The minimum absolute atomic E-state index is 0.102. The molecule has 2 aliphatic heterocycles. The van der Waals surface area contributed by atoms with Crippen LogP contribution in [0.2, 0.25) is 0 Å². The Kier molecular flexibility index (Phi) is 5.91. The standard InChI is InChI=1S/C19H29N3O3/c1-20-9-6-15(10-18(20)24)19(25)22-12-16(17(13-22)14-23)11-21-7-4-2-3-5-8-21/h6,9-10,16-17,23H,2-5,7-8,11-14H2,1H3/t16-,17-/m1/s1. The van der Waals surface area contributed by atoms with E-state index in [2.05, 4.69) is 4.90 Å². The summed E-state index contributed by atoms with van der Waals surface area (Å²) in [7, 11) is 1.67. The SMILES string of the molecule is Cn1ccc(C(=O)N2C[C@@H](CN3CCCCCC3)[C@@H](CO)C2)cc1=O. The number of aliphatic hydroxyl groups excluding tert-OH is 1. The molecule has 1 N–H and O–H groups in total. The highest BCUT2D eigenvalue weighted by Gasteiger charge is 2.36. The molecule has 25 heavy (non-hydrogen) atoms. The van der Waals surface area contributed by atoms with Gasteiger partial charge in [-0.3, -0.25) is 9.59 Å². The summed E-state index contributed by atoms with van der Waals surface area (Å²) < 4.78 is 1.46. The average Bonchev–Trinajstić information content (AvgIpc) is 2.83. The van der Waals surface area contributed by atoms with Gasteiger partial charge < -0.3 is 19.5 Å². The molecule has 2 fully saturated rings. The fourth-order valence-corrected chi connectivity index (χ4v) is 4.03. The second-order valence-corrected chi connectivity index (χ2v) is 7.49. The molecule has 1 aromatic rings. The van der Waals surface area contributed by atoms with Crippen molar-refractivity contribution in [2.75, 3.05) is 39.3 Å². The number of aryl methyl sites for hydroxylation is 1. The zero-order valence-corrected chi connectivity index (χ0v) is 15.1. The van der Waals surface area contributed by atoms with Crippen molar-refractivity contribution in [3.05, 3.63) is 34.2 Å². The van der Waals surface area contributed by atoms with Crippen LogP contribution in [0.4, 0.5) is 0 Å². The molecule has 6 heteroatoms. The van der Waals surface area contributed by atoms with Gasteiger partial charge in [0.25, 0.3) is 11.5 Å². The van der Waals surface area contributed by atoms with Crippen LogP contribution in [-0.2, 0) is 7.05 Å². The highest BCUT2D eigenvalue weighted by atomic mass is 16.3. The third kappa shape index (κ3) is 4.30. The number of pyridine rings is 1. The van der Waals surface area contributed by atoms with Crippen LogP contribution < -0.4 is 5.56 Å². The minimum atomic E-state index is -0.176. The number of nitrogens with zero attached hydrogens (tertiary/aromatic N) is 3. The zero-order chi connectivity index (χ0) is 17.8. The molecule has 6 nitrogen and oxygen atoms in total. The number of rotatable bonds is 4. The molecule has 0 radical (unpaired) electrons. The van der Waals surface area contributed by atoms with Gasteiger partial charge in [0, 0.05) is 57.0 Å². The molecular formula is C19H29N3O3. The van der Waals surface area contributed by atoms with Crippen molar-refractivity contribution in [3.8, 4) is 0 Å². The first-order chi connectivity index (χ1) is 12.1. The number of carbonyl (C=O) groups is 1. The number of aliphatic hydroxyl groups is 1. The Balaban J connectivity index is 1.66. The maximum absolute atomic E-state index is 12.7. The first-order valence-corrected chi connectivity index (χ1v) is 9.37. The van der Waals surface area contributed by atoms with Crippen molar-refractivity contribution in [2.45, 2.75) is 25.7 Å². The fraction of sp³-hybridized carbons (Fsp3) is 0.684. The Morgan fingerprint density at radius 2 is 1.84 bits per heavy atom. The smallest absolute Gasteiger partial charge is 0.254 e. The summed E-state index contributed by atoms with van der Waals surface area (Å²) in [4.78, 5) is 28.8. The van der Waals surface area contributed by atoms with Gasteiger partial charge in [0.05, 0.1) is 0 Å². The van der Waals surface area contributed by atoms with Crippen LogP contribution in [0.1, 0.15) is 36.0 Å². The highest BCUT2D eigenvalue weighted by Crippen LogP contribution is 2.26. The molecule has 3 rings (SSSR count). The normalized spacial score (nSPS) is 25.1. The molecule has 0 unspecified atom stereocenters. The van der Waals surface area contributed by atoms with E-state index < -0.39 is 0 Å². The maximum atomic E-state index is 12.7. The van der Waals surface area contributed by atoms with E-state index in [0.29, 0.717) is 24.6 Å². The van der Waals surface area contributed by atoms with Gasteiger partial charge in [-0.05, 0) is 37.9 Å². The zero-order valence-electron chi connectivity index (χ0n) is 15.1. The number of amides is 1. The summed E-state index contributed by atoms with van der Waals surface area (Å²) >= 11 is 0. The highest BCUT2D eigenvalue weighted by molar-refractivity contribution is 5.94. The van der Waals surface area contributed by atoms with Crippen LogP contribution in [-0.4, -0.2) is 64.7 Å². The summed E-state index contributed by atoms with van der Waals surface area (Å²) in [6.45, 7) is 4.54. The molecule has 0 spiro atoms. The van der Waals surface area contributed by atoms with Crippen molar-refractivity contribution in [3.63, 3.8) is 0 Å². The second kappa shape index (κ2) is 8.15. The number of carbonyl (C=O) groups excluding carboxylic acids is 1. The van der Waals surface area contributed by atoms with E-state index in [1.807, 2.05) is 0 Å². The Morgan fingerprint density at radius 1 is 1.16 bits per heavy atom. The van der Waals surface area contributed by atoms with E-state index in [0.717, 1.165) is 19.6 Å². The van der Waals surface area contributed by atoms with Gasteiger partial charge in [0.2, 0.25) is 0 Å². The van der Waals surface area contributed by atoms with E-state index in [4.69, 9.17) is 0 Å². The van der Waals surface area contributed by atoms with Crippen molar-refractivity contribution in [1.82, 2.24) is 14.4 Å². The lowest BCUT2D eigenvalue weighted by molar-refractivity contribution is 0.0778. The van der Waals surface area contributed by atoms with Crippen LogP contribution in [0.25, 0.3) is 0 Å². The van der Waals surface area contributed by atoms with Crippen LogP contribution in [0, 0.1) is 11.8 Å². The Hall–Kier alpha value is -1.66. The Morgan fingerprint density at radius 3 is 2.48 bits per heavy atom. The van der Waals surface area contributed by atoms with Crippen LogP contribution in [0.3, 0.4) is 0 Å². The molecule has 3 heterocycles. The quantitative estimate of drug-likeness (QED) is 0.880. The molecule has 1 amide bonds. The van der Waals surface area contributed by atoms with Gasteiger partial charge in [-0.1, -0.05) is 12.8 Å².